The summed E-state index contributed by atoms with van der Waals surface area (Å²) < 4.78 is 36.3. The van der Waals surface area contributed by atoms with Crippen LogP contribution in [0.5, 0.6) is 5.75 Å². The second-order valence-electron chi connectivity index (χ2n) is 26.3. The Morgan fingerprint density at radius 1 is 0.476 bits per heavy atom. The summed E-state index contributed by atoms with van der Waals surface area (Å²) in [4.78, 5) is 0.896. The van der Waals surface area contributed by atoms with Gasteiger partial charge in [0, 0.05) is 17.4 Å². The first-order valence-corrected chi connectivity index (χ1v) is 28.9. The van der Waals surface area contributed by atoms with Crippen LogP contribution < -0.4 is 4.74 Å². The van der Waals surface area contributed by atoms with Crippen molar-refractivity contribution in [3.05, 3.63) is 22.3 Å². The molecule has 0 aromatic heterocycles. The maximum absolute atomic E-state index is 15.0. The van der Waals surface area contributed by atoms with E-state index in [0.717, 1.165) is 30.6 Å². The van der Waals surface area contributed by atoms with E-state index in [0.29, 0.717) is 112 Å². The lowest BCUT2D eigenvalue weighted by Crippen LogP contribution is -2.60. The van der Waals surface area contributed by atoms with Crippen LogP contribution in [0.4, 0.5) is 0 Å². The first kappa shape index (κ1) is 50.0. The maximum Gasteiger partial charge on any atom is 0.187 e. The van der Waals surface area contributed by atoms with Crippen molar-refractivity contribution in [3.8, 4) is 5.75 Å². The number of hydrogen-bond donors (Lipinski definition) is 1. The summed E-state index contributed by atoms with van der Waals surface area (Å²) in [5.41, 5.74) is 5.33. The minimum absolute atomic E-state index is 0.231. The van der Waals surface area contributed by atoms with E-state index in [1.807, 2.05) is 0 Å². The molecular formula is C59H100O3S. The average molecular weight is 890 g/mol. The molecule has 3 nitrogen and oxygen atoms in total. The molecule has 0 saturated heterocycles. The number of ether oxygens (including phenoxy) is 1. The number of benzene rings is 1. The first-order valence-electron chi connectivity index (χ1n) is 27.8. The van der Waals surface area contributed by atoms with Gasteiger partial charge in [-0.3, -0.25) is 0 Å². The molecule has 16 unspecified atom stereocenters. The zero-order valence-corrected chi connectivity index (χ0v) is 44.6. The third kappa shape index (κ3) is 9.87. The molecule has 1 aromatic rings. The second kappa shape index (κ2) is 20.4. The molecule has 0 radical (unpaired) electrons. The molecule has 5 fully saturated rings. The van der Waals surface area contributed by atoms with E-state index in [-0.39, 0.29) is 11.5 Å². The van der Waals surface area contributed by atoms with E-state index in [9.17, 15) is 4.55 Å². The van der Waals surface area contributed by atoms with Gasteiger partial charge in [-0.05, 0) is 200 Å². The highest BCUT2D eigenvalue weighted by Gasteiger charge is 2.58. The standard InChI is InChI=1S/C59H100O3S/c1-33(2)43-21-16-38(11)28-49(43)54-48-26-27-59(52-31-41(14)19-24-46(52)36(7)8,53-32-42(15)20-25-47(53)37(9)10)62-57(48)55(50-29-39(12)17-22-44(50)34(3)4)56(58(54)63(60)61)51-30-40(13)18-23-45(51)35(5)6/h33-47,49-53H,16-32H2,1-15H3,(H,60,61). The average Bonchev–Trinajstić information content (AvgIpc) is 3.21. The highest BCUT2D eigenvalue weighted by atomic mass is 32.2. The largest absolute Gasteiger partial charge is 0.486 e. The van der Waals surface area contributed by atoms with E-state index in [2.05, 4.69) is 104 Å². The van der Waals surface area contributed by atoms with Crippen LogP contribution in [0.1, 0.15) is 247 Å². The molecule has 4 heteroatoms. The lowest BCUT2D eigenvalue weighted by molar-refractivity contribution is -0.141. The third-order valence-electron chi connectivity index (χ3n) is 20.3. The molecule has 16 atom stereocenters. The molecule has 1 heterocycles. The Kier molecular flexibility index (Phi) is 16.2. The summed E-state index contributed by atoms with van der Waals surface area (Å²) in [5, 5.41) is 0. The Morgan fingerprint density at radius 3 is 1.17 bits per heavy atom. The predicted molar refractivity (Wildman–Crippen MR) is 269 cm³/mol. The molecule has 1 aliphatic heterocycles. The van der Waals surface area contributed by atoms with Crippen molar-refractivity contribution in [3.63, 3.8) is 0 Å². The zero-order valence-electron chi connectivity index (χ0n) is 43.7. The zero-order chi connectivity index (χ0) is 45.8. The molecule has 0 amide bonds. The molecule has 360 valence electrons. The molecule has 63 heavy (non-hydrogen) atoms. The van der Waals surface area contributed by atoms with Crippen molar-refractivity contribution >= 4 is 11.1 Å². The lowest BCUT2D eigenvalue weighted by Gasteiger charge is -2.59. The van der Waals surface area contributed by atoms with E-state index in [1.54, 1.807) is 0 Å². The van der Waals surface area contributed by atoms with Gasteiger partial charge in [-0.25, -0.2) is 4.21 Å². The van der Waals surface area contributed by atoms with Crippen LogP contribution >= 0.6 is 0 Å². The van der Waals surface area contributed by atoms with Crippen molar-refractivity contribution in [1.82, 2.24) is 0 Å². The van der Waals surface area contributed by atoms with Crippen molar-refractivity contribution < 1.29 is 13.5 Å². The summed E-state index contributed by atoms with van der Waals surface area (Å²) in [6.45, 7) is 37.6. The molecule has 0 bridgehead atoms. The normalized spacial score (nSPS) is 41.0. The predicted octanol–water partition coefficient (Wildman–Crippen LogP) is 17.3. The van der Waals surface area contributed by atoms with Crippen molar-refractivity contribution in [2.75, 3.05) is 0 Å². The SMILES string of the molecule is CC1CCC(C(C)C)C(c2c3c(c(C4CC(C)CCC4C(C)C)c(S(=O)O)c2C2CC(C)CCC2C(C)C)CCC(C2CC(C)CCC2C(C)C)(C2CC(C)CCC2C(C)C)O3)C1. The maximum atomic E-state index is 15.0. The lowest BCUT2D eigenvalue weighted by atomic mass is 9.52. The van der Waals surface area contributed by atoms with Gasteiger partial charge in [0.2, 0.25) is 0 Å². The first-order chi connectivity index (χ1) is 29.7. The second-order valence-corrected chi connectivity index (χ2v) is 27.3. The Labute approximate surface area is 392 Å². The third-order valence-corrected chi connectivity index (χ3v) is 21.1. The highest BCUT2D eigenvalue weighted by molar-refractivity contribution is 7.79. The van der Waals surface area contributed by atoms with Crippen molar-refractivity contribution in [2.45, 2.75) is 241 Å². The Morgan fingerprint density at radius 2 is 0.810 bits per heavy atom. The van der Waals surface area contributed by atoms with Gasteiger partial charge < -0.3 is 9.29 Å². The molecule has 0 spiro atoms. The fourth-order valence-corrected chi connectivity index (χ4v) is 17.9. The van der Waals surface area contributed by atoms with Gasteiger partial charge in [0.25, 0.3) is 0 Å². The van der Waals surface area contributed by atoms with Crippen LogP contribution in [0.3, 0.4) is 0 Å². The van der Waals surface area contributed by atoms with Gasteiger partial charge in [-0.15, -0.1) is 0 Å². The fraction of sp³-hybridized carbons (Fsp3) is 0.898. The molecule has 1 aromatic carbocycles. The van der Waals surface area contributed by atoms with E-state index in [4.69, 9.17) is 4.74 Å². The minimum atomic E-state index is -2.09. The Hall–Kier alpha value is -0.870. The van der Waals surface area contributed by atoms with Gasteiger partial charge in [-0.2, -0.15) is 0 Å². The van der Waals surface area contributed by atoms with E-state index in [1.165, 1.54) is 111 Å². The Balaban J connectivity index is 1.64. The molecule has 7 rings (SSSR count). The quantitative estimate of drug-likeness (QED) is 0.225. The van der Waals surface area contributed by atoms with Gasteiger partial charge in [0.1, 0.15) is 11.4 Å². The van der Waals surface area contributed by atoms with Crippen LogP contribution in [0.25, 0.3) is 0 Å². The number of rotatable bonds is 11. The van der Waals surface area contributed by atoms with E-state index >= 15 is 4.21 Å². The minimum Gasteiger partial charge on any atom is -0.486 e. The van der Waals surface area contributed by atoms with Crippen LogP contribution in [0.15, 0.2) is 4.90 Å². The Bertz CT molecular complexity index is 1670. The van der Waals surface area contributed by atoms with Crippen LogP contribution in [0.2, 0.25) is 0 Å². The molecular weight excluding hydrogens is 789 g/mol. The van der Waals surface area contributed by atoms with Gasteiger partial charge >= 0.3 is 0 Å². The van der Waals surface area contributed by atoms with Gasteiger partial charge in [-0.1, -0.05) is 136 Å². The van der Waals surface area contributed by atoms with Crippen LogP contribution in [0, 0.1) is 101 Å². The molecule has 1 N–H and O–H groups in total. The number of fused-ring (bicyclic) bond motifs is 1. The molecule has 6 aliphatic rings. The summed E-state index contributed by atoms with van der Waals surface area (Å²) in [6.07, 6.45) is 20.9. The topological polar surface area (TPSA) is 46.5 Å². The highest BCUT2D eigenvalue weighted by Crippen LogP contribution is 2.64. The van der Waals surface area contributed by atoms with Gasteiger partial charge in [0.05, 0.1) is 4.90 Å². The summed E-state index contributed by atoms with van der Waals surface area (Å²) >= 11 is -2.09. The number of hydrogen-bond acceptors (Lipinski definition) is 2. The smallest absolute Gasteiger partial charge is 0.187 e. The van der Waals surface area contributed by atoms with E-state index < -0.39 is 11.1 Å². The molecule has 5 saturated carbocycles. The van der Waals surface area contributed by atoms with Crippen molar-refractivity contribution in [1.29, 1.82) is 0 Å². The van der Waals surface area contributed by atoms with Crippen molar-refractivity contribution in [2.24, 2.45) is 101 Å². The van der Waals surface area contributed by atoms with Gasteiger partial charge in [0.15, 0.2) is 11.1 Å². The summed E-state index contributed by atoms with van der Waals surface area (Å²) in [5.74, 6) is 12.3. The van der Waals surface area contributed by atoms with Crippen LogP contribution in [-0.2, 0) is 17.5 Å². The summed E-state index contributed by atoms with van der Waals surface area (Å²) in [7, 11) is 0. The molecule has 5 aliphatic carbocycles. The summed E-state index contributed by atoms with van der Waals surface area (Å²) in [6, 6.07) is 0. The fourth-order valence-electron chi connectivity index (χ4n) is 17.0. The monoisotopic (exact) mass is 889 g/mol. The van der Waals surface area contributed by atoms with Crippen LogP contribution in [-0.4, -0.2) is 14.4 Å².